The number of carbonyl (C=O) groups is 1. The van der Waals surface area contributed by atoms with E-state index >= 15 is 0 Å². The van der Waals surface area contributed by atoms with Crippen LogP contribution >= 0.6 is 0 Å². The van der Waals surface area contributed by atoms with Gasteiger partial charge in [-0.1, -0.05) is 36.8 Å². The van der Waals surface area contributed by atoms with E-state index < -0.39 is 18.1 Å². The Bertz CT molecular complexity index is 387. The first-order valence-electron chi connectivity index (χ1n) is 6.40. The first-order valence-corrected chi connectivity index (χ1v) is 6.40. The van der Waals surface area contributed by atoms with Gasteiger partial charge in [0.05, 0.1) is 6.04 Å². The summed E-state index contributed by atoms with van der Waals surface area (Å²) >= 11 is 0. The standard InChI is InChI=1S/C14H19NO3/c16-13(14(17)18)12(11-7-3-1-4-8-11)15-9-5-2-6-10-15/h1,3-4,7-8,12-13,16H,2,5-6,9-10H2,(H,17,18)/t12-,13+/m1/s1. The first kappa shape index (κ1) is 13.1. The van der Waals surface area contributed by atoms with Gasteiger partial charge < -0.3 is 10.2 Å². The van der Waals surface area contributed by atoms with Gasteiger partial charge in [0.15, 0.2) is 6.10 Å². The Morgan fingerprint density at radius 1 is 1.11 bits per heavy atom. The molecule has 0 radical (unpaired) electrons. The van der Waals surface area contributed by atoms with Gasteiger partial charge in [0, 0.05) is 0 Å². The number of aliphatic hydroxyl groups excluding tert-OH is 1. The van der Waals surface area contributed by atoms with E-state index in [0.29, 0.717) is 0 Å². The molecule has 1 aromatic rings. The van der Waals surface area contributed by atoms with Crippen molar-refractivity contribution in [3.8, 4) is 0 Å². The Kier molecular flexibility index (Phi) is 4.33. The van der Waals surface area contributed by atoms with Crippen molar-refractivity contribution in [2.45, 2.75) is 31.4 Å². The molecule has 0 aromatic heterocycles. The van der Waals surface area contributed by atoms with Crippen molar-refractivity contribution in [1.82, 2.24) is 4.90 Å². The van der Waals surface area contributed by atoms with E-state index in [4.69, 9.17) is 5.11 Å². The molecule has 1 aliphatic rings. The molecule has 0 aliphatic carbocycles. The number of piperidine rings is 1. The molecule has 0 spiro atoms. The lowest BCUT2D eigenvalue weighted by molar-refractivity contribution is -0.151. The Balaban J connectivity index is 2.25. The Hall–Kier alpha value is -1.39. The van der Waals surface area contributed by atoms with Gasteiger partial charge in [0.1, 0.15) is 0 Å². The molecule has 18 heavy (non-hydrogen) atoms. The third-order valence-electron chi connectivity index (χ3n) is 3.48. The zero-order valence-electron chi connectivity index (χ0n) is 10.3. The van der Waals surface area contributed by atoms with Crippen molar-refractivity contribution >= 4 is 5.97 Å². The average Bonchev–Trinajstić information content (AvgIpc) is 2.41. The Morgan fingerprint density at radius 3 is 2.28 bits per heavy atom. The third-order valence-corrected chi connectivity index (χ3v) is 3.48. The minimum Gasteiger partial charge on any atom is -0.479 e. The van der Waals surface area contributed by atoms with E-state index in [-0.39, 0.29) is 0 Å². The maximum Gasteiger partial charge on any atom is 0.334 e. The average molecular weight is 249 g/mol. The zero-order valence-corrected chi connectivity index (χ0v) is 10.3. The van der Waals surface area contributed by atoms with Gasteiger partial charge >= 0.3 is 5.97 Å². The molecule has 1 aromatic carbocycles. The second-order valence-electron chi connectivity index (χ2n) is 4.74. The maximum absolute atomic E-state index is 11.1. The van der Waals surface area contributed by atoms with Gasteiger partial charge in [0.25, 0.3) is 0 Å². The predicted molar refractivity (Wildman–Crippen MR) is 68.2 cm³/mol. The number of carboxylic acids is 1. The highest BCUT2D eigenvalue weighted by Gasteiger charge is 2.32. The fourth-order valence-electron chi connectivity index (χ4n) is 2.57. The van der Waals surface area contributed by atoms with Crippen LogP contribution in [0.1, 0.15) is 30.9 Å². The predicted octanol–water partition coefficient (Wildman–Crippen LogP) is 1.66. The number of aliphatic hydroxyl groups is 1. The molecule has 0 unspecified atom stereocenters. The summed E-state index contributed by atoms with van der Waals surface area (Å²) in [5.41, 5.74) is 0.870. The van der Waals surface area contributed by atoms with Gasteiger partial charge in [-0.3, -0.25) is 4.90 Å². The Morgan fingerprint density at radius 2 is 1.72 bits per heavy atom. The number of hydrogen-bond donors (Lipinski definition) is 2. The largest absolute Gasteiger partial charge is 0.479 e. The molecule has 4 heteroatoms. The second-order valence-corrected chi connectivity index (χ2v) is 4.74. The summed E-state index contributed by atoms with van der Waals surface area (Å²) in [7, 11) is 0. The van der Waals surface area contributed by atoms with E-state index in [9.17, 15) is 9.90 Å². The number of nitrogens with zero attached hydrogens (tertiary/aromatic N) is 1. The number of rotatable bonds is 4. The van der Waals surface area contributed by atoms with Crippen molar-refractivity contribution in [2.24, 2.45) is 0 Å². The summed E-state index contributed by atoms with van der Waals surface area (Å²) in [4.78, 5) is 13.2. The van der Waals surface area contributed by atoms with Crippen molar-refractivity contribution in [3.05, 3.63) is 35.9 Å². The number of benzene rings is 1. The highest BCUT2D eigenvalue weighted by Crippen LogP contribution is 2.27. The summed E-state index contributed by atoms with van der Waals surface area (Å²) in [5.74, 6) is -1.16. The van der Waals surface area contributed by atoms with E-state index in [1.165, 1.54) is 6.42 Å². The summed E-state index contributed by atoms with van der Waals surface area (Å²) < 4.78 is 0. The summed E-state index contributed by atoms with van der Waals surface area (Å²) in [6.45, 7) is 1.70. The van der Waals surface area contributed by atoms with Crippen LogP contribution in [0, 0.1) is 0 Å². The number of likely N-dealkylation sites (tertiary alicyclic amines) is 1. The molecule has 2 rings (SSSR count). The van der Waals surface area contributed by atoms with Gasteiger partial charge in [-0.05, 0) is 31.5 Å². The van der Waals surface area contributed by atoms with Crippen LogP contribution in [-0.4, -0.2) is 40.3 Å². The van der Waals surface area contributed by atoms with Gasteiger partial charge in [-0.2, -0.15) is 0 Å². The summed E-state index contributed by atoms with van der Waals surface area (Å²) in [6, 6.07) is 8.96. The molecule has 0 amide bonds. The molecular weight excluding hydrogens is 230 g/mol. The molecule has 98 valence electrons. The van der Waals surface area contributed by atoms with Crippen LogP contribution in [-0.2, 0) is 4.79 Å². The van der Waals surface area contributed by atoms with Crippen LogP contribution in [0.25, 0.3) is 0 Å². The molecule has 2 N–H and O–H groups in total. The second kappa shape index (κ2) is 5.98. The molecule has 1 saturated heterocycles. The SMILES string of the molecule is O=C(O)[C@@H](O)[C@@H](c1ccccc1)N1CCCCC1. The monoisotopic (exact) mass is 249 g/mol. The van der Waals surface area contributed by atoms with Crippen molar-refractivity contribution in [2.75, 3.05) is 13.1 Å². The molecule has 0 bridgehead atoms. The summed E-state index contributed by atoms with van der Waals surface area (Å²) in [5, 5.41) is 19.0. The fraction of sp³-hybridized carbons (Fsp3) is 0.500. The molecule has 1 heterocycles. The highest BCUT2D eigenvalue weighted by molar-refractivity contribution is 5.73. The van der Waals surface area contributed by atoms with Crippen LogP contribution in [0.2, 0.25) is 0 Å². The van der Waals surface area contributed by atoms with E-state index in [0.717, 1.165) is 31.5 Å². The molecule has 4 nitrogen and oxygen atoms in total. The van der Waals surface area contributed by atoms with Crippen LogP contribution in [0.3, 0.4) is 0 Å². The number of carboxylic acid groups (broad SMARTS) is 1. The van der Waals surface area contributed by atoms with E-state index in [1.54, 1.807) is 0 Å². The third kappa shape index (κ3) is 2.89. The molecule has 0 saturated carbocycles. The lowest BCUT2D eigenvalue weighted by Gasteiger charge is -2.36. The lowest BCUT2D eigenvalue weighted by atomic mass is 9.97. The van der Waals surface area contributed by atoms with Crippen molar-refractivity contribution < 1.29 is 15.0 Å². The molecular formula is C14H19NO3. The number of hydrogen-bond acceptors (Lipinski definition) is 3. The minimum atomic E-state index is -1.37. The Labute approximate surface area is 107 Å². The first-order chi connectivity index (χ1) is 8.70. The van der Waals surface area contributed by atoms with E-state index in [2.05, 4.69) is 4.90 Å². The quantitative estimate of drug-likeness (QED) is 0.852. The van der Waals surface area contributed by atoms with Gasteiger partial charge in [-0.15, -0.1) is 0 Å². The van der Waals surface area contributed by atoms with Gasteiger partial charge in [0.2, 0.25) is 0 Å². The molecule has 1 fully saturated rings. The fourth-order valence-corrected chi connectivity index (χ4v) is 2.57. The lowest BCUT2D eigenvalue weighted by Crippen LogP contribution is -2.43. The summed E-state index contributed by atoms with van der Waals surface area (Å²) in [6.07, 6.45) is 1.94. The van der Waals surface area contributed by atoms with Crippen LogP contribution < -0.4 is 0 Å². The molecule has 1 aliphatic heterocycles. The topological polar surface area (TPSA) is 60.8 Å². The normalized spacial score (nSPS) is 20.3. The van der Waals surface area contributed by atoms with Crippen molar-refractivity contribution in [1.29, 1.82) is 0 Å². The van der Waals surface area contributed by atoms with Crippen molar-refractivity contribution in [3.63, 3.8) is 0 Å². The smallest absolute Gasteiger partial charge is 0.334 e. The number of aliphatic carboxylic acids is 1. The molecule has 2 atom stereocenters. The van der Waals surface area contributed by atoms with Gasteiger partial charge in [-0.25, -0.2) is 4.79 Å². The highest BCUT2D eigenvalue weighted by atomic mass is 16.4. The van der Waals surface area contributed by atoms with E-state index in [1.807, 2.05) is 30.3 Å². The maximum atomic E-state index is 11.1. The van der Waals surface area contributed by atoms with Crippen LogP contribution in [0.4, 0.5) is 0 Å². The van der Waals surface area contributed by atoms with Crippen LogP contribution in [0.5, 0.6) is 0 Å². The minimum absolute atomic E-state index is 0.441. The zero-order chi connectivity index (χ0) is 13.0. The van der Waals surface area contributed by atoms with Crippen LogP contribution in [0.15, 0.2) is 30.3 Å².